The molecule has 82 valence electrons. The molecule has 0 amide bonds. The van der Waals surface area contributed by atoms with Crippen molar-refractivity contribution in [2.45, 2.75) is 18.2 Å². The van der Waals surface area contributed by atoms with Crippen molar-refractivity contribution in [2.75, 3.05) is 19.0 Å². The average molecular weight is 224 g/mol. The number of fused-ring (bicyclic) bond motifs is 1. The van der Waals surface area contributed by atoms with Crippen molar-refractivity contribution in [1.82, 2.24) is 0 Å². The normalized spacial score (nSPS) is 15.9. The molecule has 3 heteroatoms. The third-order valence-corrected chi connectivity index (χ3v) is 3.88. The number of hydrogen-bond donors (Lipinski definition) is 1. The highest BCUT2D eigenvalue weighted by Crippen LogP contribution is 2.36. The monoisotopic (exact) mass is 224 g/mol. The van der Waals surface area contributed by atoms with Crippen molar-refractivity contribution in [3.8, 4) is 5.75 Å². The molecule has 0 saturated heterocycles. The Balaban J connectivity index is 2.06. The topological polar surface area (TPSA) is 29.5 Å². The van der Waals surface area contributed by atoms with Gasteiger partial charge in [-0.1, -0.05) is 19.1 Å². The Kier molecular flexibility index (Phi) is 3.54. The first-order valence-electron chi connectivity index (χ1n) is 5.29. The molecule has 0 unspecified atom stereocenters. The van der Waals surface area contributed by atoms with Crippen LogP contribution >= 0.6 is 11.8 Å². The Labute approximate surface area is 94.6 Å². The van der Waals surface area contributed by atoms with Crippen LogP contribution in [0, 0.1) is 5.92 Å². The lowest BCUT2D eigenvalue weighted by Crippen LogP contribution is -2.03. The van der Waals surface area contributed by atoms with Gasteiger partial charge in [-0.25, -0.2) is 0 Å². The quantitative estimate of drug-likeness (QED) is 0.796. The van der Waals surface area contributed by atoms with Crippen LogP contribution in [0.3, 0.4) is 0 Å². The van der Waals surface area contributed by atoms with E-state index in [0.717, 1.165) is 24.5 Å². The minimum atomic E-state index is 0.253. The Morgan fingerprint density at radius 2 is 2.40 bits per heavy atom. The van der Waals surface area contributed by atoms with E-state index in [4.69, 9.17) is 9.84 Å². The number of para-hydroxylation sites is 1. The first-order valence-corrected chi connectivity index (χ1v) is 6.28. The van der Waals surface area contributed by atoms with Crippen molar-refractivity contribution in [2.24, 2.45) is 5.92 Å². The number of ether oxygens (including phenoxy) is 1. The Bertz CT molecular complexity index is 338. The molecule has 1 aromatic carbocycles. The zero-order valence-corrected chi connectivity index (χ0v) is 9.72. The molecule has 1 aromatic rings. The molecule has 1 aliphatic heterocycles. The Morgan fingerprint density at radius 3 is 3.20 bits per heavy atom. The lowest BCUT2D eigenvalue weighted by molar-refractivity contribution is 0.250. The van der Waals surface area contributed by atoms with Gasteiger partial charge in [-0.2, -0.15) is 0 Å². The SMILES string of the molecule is C[C@@H](CO)CSc1cccc2c1OCC2. The second kappa shape index (κ2) is 4.90. The molecule has 1 aliphatic rings. The van der Waals surface area contributed by atoms with Gasteiger partial charge in [0.1, 0.15) is 5.75 Å². The molecule has 1 N–H and O–H groups in total. The molecule has 2 rings (SSSR count). The van der Waals surface area contributed by atoms with Gasteiger partial charge in [0.25, 0.3) is 0 Å². The number of hydrogen-bond acceptors (Lipinski definition) is 3. The highest BCUT2D eigenvalue weighted by Gasteiger charge is 2.16. The fraction of sp³-hybridized carbons (Fsp3) is 0.500. The van der Waals surface area contributed by atoms with Crippen LogP contribution in [0.1, 0.15) is 12.5 Å². The maximum absolute atomic E-state index is 8.96. The van der Waals surface area contributed by atoms with E-state index in [1.54, 1.807) is 11.8 Å². The van der Waals surface area contributed by atoms with Gasteiger partial charge in [0.05, 0.1) is 6.61 Å². The van der Waals surface area contributed by atoms with Crippen molar-refractivity contribution in [3.05, 3.63) is 23.8 Å². The summed E-state index contributed by atoms with van der Waals surface area (Å²) in [5.74, 6) is 2.34. The molecular formula is C12H16O2S. The maximum atomic E-state index is 8.96. The number of rotatable bonds is 4. The second-order valence-electron chi connectivity index (χ2n) is 3.94. The standard InChI is InChI=1S/C12H16O2S/c1-9(7-13)8-15-11-4-2-3-10-5-6-14-12(10)11/h2-4,9,13H,5-8H2,1H3/t9-/m0/s1. The number of benzene rings is 1. The summed E-state index contributed by atoms with van der Waals surface area (Å²) >= 11 is 1.77. The van der Waals surface area contributed by atoms with Gasteiger partial charge in [0.2, 0.25) is 0 Å². The fourth-order valence-corrected chi connectivity index (χ4v) is 2.65. The third kappa shape index (κ3) is 2.47. The number of aliphatic hydroxyl groups is 1. The minimum absolute atomic E-state index is 0.253. The van der Waals surface area contributed by atoms with E-state index in [1.165, 1.54) is 10.5 Å². The summed E-state index contributed by atoms with van der Waals surface area (Å²) in [6.45, 7) is 3.11. The van der Waals surface area contributed by atoms with Gasteiger partial charge in [0.15, 0.2) is 0 Å². The summed E-state index contributed by atoms with van der Waals surface area (Å²) < 4.78 is 5.61. The number of thioether (sulfide) groups is 1. The van der Waals surface area contributed by atoms with Crippen LogP contribution in [0.2, 0.25) is 0 Å². The second-order valence-corrected chi connectivity index (χ2v) is 5.00. The zero-order chi connectivity index (χ0) is 10.7. The molecule has 1 heterocycles. The lowest BCUT2D eigenvalue weighted by atomic mass is 10.2. The van der Waals surface area contributed by atoms with Crippen LogP contribution in [0.25, 0.3) is 0 Å². The van der Waals surface area contributed by atoms with E-state index >= 15 is 0 Å². The summed E-state index contributed by atoms with van der Waals surface area (Å²) in [5.41, 5.74) is 1.32. The minimum Gasteiger partial charge on any atom is -0.492 e. The highest BCUT2D eigenvalue weighted by atomic mass is 32.2. The smallest absolute Gasteiger partial charge is 0.136 e. The van der Waals surface area contributed by atoms with E-state index in [9.17, 15) is 0 Å². The van der Waals surface area contributed by atoms with Crippen molar-refractivity contribution < 1.29 is 9.84 Å². The molecule has 0 spiro atoms. The molecule has 0 fully saturated rings. The molecule has 0 radical (unpaired) electrons. The summed E-state index contributed by atoms with van der Waals surface area (Å²) in [7, 11) is 0. The highest BCUT2D eigenvalue weighted by molar-refractivity contribution is 7.99. The fourth-order valence-electron chi connectivity index (χ4n) is 1.58. The van der Waals surface area contributed by atoms with E-state index in [-0.39, 0.29) is 6.61 Å². The largest absolute Gasteiger partial charge is 0.492 e. The molecule has 0 aromatic heterocycles. The van der Waals surface area contributed by atoms with Crippen molar-refractivity contribution >= 4 is 11.8 Å². The predicted octanol–water partition coefficient (Wildman–Crippen LogP) is 2.34. The van der Waals surface area contributed by atoms with Crippen LogP contribution in [0.4, 0.5) is 0 Å². The van der Waals surface area contributed by atoms with E-state index < -0.39 is 0 Å². The summed E-state index contributed by atoms with van der Waals surface area (Å²) in [6, 6.07) is 6.31. The summed E-state index contributed by atoms with van der Waals surface area (Å²) in [5, 5.41) is 8.96. The zero-order valence-electron chi connectivity index (χ0n) is 8.90. The Morgan fingerprint density at radius 1 is 1.53 bits per heavy atom. The van der Waals surface area contributed by atoms with Crippen LogP contribution in [-0.4, -0.2) is 24.1 Å². The molecule has 2 nitrogen and oxygen atoms in total. The van der Waals surface area contributed by atoms with Crippen LogP contribution in [-0.2, 0) is 6.42 Å². The predicted molar refractivity (Wildman–Crippen MR) is 62.6 cm³/mol. The van der Waals surface area contributed by atoms with Crippen molar-refractivity contribution in [3.63, 3.8) is 0 Å². The lowest BCUT2D eigenvalue weighted by Gasteiger charge is -2.10. The van der Waals surface area contributed by atoms with Crippen LogP contribution in [0.5, 0.6) is 5.75 Å². The maximum Gasteiger partial charge on any atom is 0.136 e. The molecular weight excluding hydrogens is 208 g/mol. The van der Waals surface area contributed by atoms with Gasteiger partial charge in [-0.05, 0) is 17.5 Å². The first-order chi connectivity index (χ1) is 7.31. The van der Waals surface area contributed by atoms with E-state index in [0.29, 0.717) is 5.92 Å². The van der Waals surface area contributed by atoms with Gasteiger partial charge < -0.3 is 9.84 Å². The third-order valence-electron chi connectivity index (χ3n) is 2.51. The molecule has 0 aliphatic carbocycles. The Hall–Kier alpha value is -0.670. The average Bonchev–Trinajstić information content (AvgIpc) is 2.74. The molecule has 15 heavy (non-hydrogen) atoms. The van der Waals surface area contributed by atoms with Crippen LogP contribution in [0.15, 0.2) is 23.1 Å². The van der Waals surface area contributed by atoms with Crippen molar-refractivity contribution in [1.29, 1.82) is 0 Å². The first kappa shape index (κ1) is 10.8. The van der Waals surface area contributed by atoms with E-state index in [2.05, 4.69) is 25.1 Å². The summed E-state index contributed by atoms with van der Waals surface area (Å²) in [6.07, 6.45) is 1.03. The van der Waals surface area contributed by atoms with Gasteiger partial charge in [-0.3, -0.25) is 0 Å². The van der Waals surface area contributed by atoms with Crippen LogP contribution < -0.4 is 4.74 Å². The summed E-state index contributed by atoms with van der Waals surface area (Å²) in [4.78, 5) is 1.21. The molecule has 0 saturated carbocycles. The molecule has 0 bridgehead atoms. The molecule has 1 atom stereocenters. The van der Waals surface area contributed by atoms with Gasteiger partial charge >= 0.3 is 0 Å². The van der Waals surface area contributed by atoms with Gasteiger partial charge in [0, 0.05) is 23.7 Å². The van der Waals surface area contributed by atoms with E-state index in [1.807, 2.05) is 0 Å². The van der Waals surface area contributed by atoms with Gasteiger partial charge in [-0.15, -0.1) is 11.8 Å². The number of aliphatic hydroxyl groups excluding tert-OH is 1.